The lowest BCUT2D eigenvalue weighted by Gasteiger charge is -2.30. The van der Waals surface area contributed by atoms with Gasteiger partial charge in [-0.2, -0.15) is 0 Å². The average Bonchev–Trinajstić information content (AvgIpc) is 3.55. The summed E-state index contributed by atoms with van der Waals surface area (Å²) in [6.07, 6.45) is 1.93. The van der Waals surface area contributed by atoms with Gasteiger partial charge in [0.1, 0.15) is 16.3 Å². The number of thiophene rings is 1. The zero-order valence-corrected chi connectivity index (χ0v) is 34.5. The Morgan fingerprint density at radius 1 is 0.912 bits per heavy atom. The van der Waals surface area contributed by atoms with Gasteiger partial charge in [-0.05, 0) is 93.3 Å². The van der Waals surface area contributed by atoms with Crippen molar-refractivity contribution < 1.29 is 42.9 Å². The molecule has 15 heteroatoms. The van der Waals surface area contributed by atoms with Gasteiger partial charge in [0, 0.05) is 27.6 Å². The zero-order valence-electron chi connectivity index (χ0n) is 32.8. The number of anilines is 2. The topological polar surface area (TPSA) is 162 Å². The van der Waals surface area contributed by atoms with E-state index in [-0.39, 0.29) is 23.7 Å². The lowest BCUT2D eigenvalue weighted by Crippen LogP contribution is -2.39. The smallest absolute Gasteiger partial charge is 0.410 e. The first-order valence-electron chi connectivity index (χ1n) is 18.1. The lowest BCUT2D eigenvalue weighted by molar-refractivity contribution is -0.116. The van der Waals surface area contributed by atoms with Crippen LogP contribution in [0.5, 0.6) is 11.5 Å². The number of ether oxygens (including phenoxy) is 4. The summed E-state index contributed by atoms with van der Waals surface area (Å²) in [6.45, 7) is 7.86. The van der Waals surface area contributed by atoms with Gasteiger partial charge in [0.2, 0.25) is 5.91 Å². The number of amides is 4. The SMILES string of the molecule is CCC(Sc1cccc(NC(=O)/C(=C\c2ccc(OC)c(OC)c2)NC(=O)c2ccccc2)c1)C(=O)Nc1sc2c(c1C(=O)OC)CCN(C(=O)OC(C)(C)C)C2. The van der Waals surface area contributed by atoms with Crippen LogP contribution >= 0.6 is 23.1 Å². The number of carbonyl (C=O) groups is 5. The number of thioether (sulfide) groups is 1. The number of nitrogens with one attached hydrogen (secondary N) is 3. The number of benzene rings is 3. The fourth-order valence-corrected chi connectivity index (χ4v) is 8.14. The van der Waals surface area contributed by atoms with Crippen LogP contribution in [0.2, 0.25) is 0 Å². The second kappa shape index (κ2) is 18.9. The molecule has 3 aromatic carbocycles. The third-order valence-corrected chi connectivity index (χ3v) is 11.1. The first-order chi connectivity index (χ1) is 27.2. The Morgan fingerprint density at radius 3 is 2.32 bits per heavy atom. The molecule has 1 aliphatic heterocycles. The Kier molecular flexibility index (Phi) is 14.0. The van der Waals surface area contributed by atoms with Gasteiger partial charge >= 0.3 is 12.1 Å². The van der Waals surface area contributed by atoms with Gasteiger partial charge in [-0.3, -0.25) is 14.4 Å². The Hall–Kier alpha value is -5.80. The van der Waals surface area contributed by atoms with Crippen LogP contribution in [0, 0.1) is 0 Å². The molecule has 0 saturated heterocycles. The van der Waals surface area contributed by atoms with E-state index < -0.39 is 34.7 Å². The third-order valence-electron chi connectivity index (χ3n) is 8.62. The van der Waals surface area contributed by atoms with Gasteiger partial charge < -0.3 is 39.8 Å². The molecule has 5 rings (SSSR count). The van der Waals surface area contributed by atoms with Crippen LogP contribution < -0.4 is 25.4 Å². The maximum absolute atomic E-state index is 13.8. The molecule has 4 amide bonds. The van der Waals surface area contributed by atoms with E-state index in [2.05, 4.69) is 16.0 Å². The Labute approximate surface area is 340 Å². The van der Waals surface area contributed by atoms with Crippen molar-refractivity contribution >= 4 is 69.6 Å². The number of hydrogen-bond acceptors (Lipinski definition) is 11. The summed E-state index contributed by atoms with van der Waals surface area (Å²) in [4.78, 5) is 69.6. The summed E-state index contributed by atoms with van der Waals surface area (Å²) >= 11 is 2.53. The number of methoxy groups -OCH3 is 3. The van der Waals surface area contributed by atoms with Crippen LogP contribution in [0.4, 0.5) is 15.5 Å². The van der Waals surface area contributed by atoms with E-state index in [1.54, 1.807) is 92.4 Å². The Morgan fingerprint density at radius 2 is 1.65 bits per heavy atom. The second-order valence-electron chi connectivity index (χ2n) is 13.8. The molecule has 300 valence electrons. The normalized spacial score (nSPS) is 13.1. The predicted molar refractivity (Wildman–Crippen MR) is 221 cm³/mol. The number of hydrogen-bond donors (Lipinski definition) is 3. The number of esters is 1. The minimum absolute atomic E-state index is 0.0192. The quantitative estimate of drug-likeness (QED) is 0.0691. The summed E-state index contributed by atoms with van der Waals surface area (Å²) in [5.74, 6) is -0.994. The Balaban J connectivity index is 1.33. The highest BCUT2D eigenvalue weighted by atomic mass is 32.2. The van der Waals surface area contributed by atoms with Crippen molar-refractivity contribution in [1.29, 1.82) is 0 Å². The van der Waals surface area contributed by atoms with Crippen molar-refractivity contribution in [2.75, 3.05) is 38.5 Å². The maximum Gasteiger partial charge on any atom is 0.410 e. The maximum atomic E-state index is 13.8. The van der Waals surface area contributed by atoms with E-state index in [4.69, 9.17) is 18.9 Å². The molecule has 3 N–H and O–H groups in total. The zero-order chi connectivity index (χ0) is 41.3. The molecule has 2 heterocycles. The minimum Gasteiger partial charge on any atom is -0.493 e. The predicted octanol–water partition coefficient (Wildman–Crippen LogP) is 7.76. The molecule has 1 atom stereocenters. The van der Waals surface area contributed by atoms with Gasteiger partial charge in [-0.25, -0.2) is 9.59 Å². The fraction of sp³-hybridized carbons (Fsp3) is 0.310. The molecule has 1 aromatic heterocycles. The first kappa shape index (κ1) is 42.3. The largest absolute Gasteiger partial charge is 0.493 e. The molecular weight excluding hydrogens is 769 g/mol. The minimum atomic E-state index is -0.659. The van der Waals surface area contributed by atoms with Crippen LogP contribution in [0.25, 0.3) is 6.08 Å². The van der Waals surface area contributed by atoms with Gasteiger partial charge in [-0.15, -0.1) is 23.1 Å². The van der Waals surface area contributed by atoms with E-state index in [9.17, 15) is 24.0 Å². The number of nitrogens with zero attached hydrogens (tertiary/aromatic N) is 1. The van der Waals surface area contributed by atoms with Crippen LogP contribution in [0.1, 0.15) is 70.8 Å². The number of rotatable bonds is 13. The van der Waals surface area contributed by atoms with E-state index in [0.29, 0.717) is 57.6 Å². The molecule has 0 fully saturated rings. The highest BCUT2D eigenvalue weighted by Gasteiger charge is 2.33. The monoisotopic (exact) mass is 814 g/mol. The first-order valence-corrected chi connectivity index (χ1v) is 19.8. The summed E-state index contributed by atoms with van der Waals surface area (Å²) in [5.41, 5.74) is 1.73. The summed E-state index contributed by atoms with van der Waals surface area (Å²) in [5, 5.41) is 8.34. The van der Waals surface area contributed by atoms with E-state index in [1.165, 1.54) is 50.5 Å². The van der Waals surface area contributed by atoms with Crippen molar-refractivity contribution in [3.05, 3.63) is 106 Å². The molecule has 0 bridgehead atoms. The van der Waals surface area contributed by atoms with Crippen LogP contribution in [0.15, 0.2) is 83.4 Å². The van der Waals surface area contributed by atoms with Gasteiger partial charge in [-0.1, -0.05) is 37.3 Å². The van der Waals surface area contributed by atoms with E-state index in [0.717, 1.165) is 10.4 Å². The van der Waals surface area contributed by atoms with Gasteiger partial charge in [0.15, 0.2) is 11.5 Å². The van der Waals surface area contributed by atoms with Crippen molar-refractivity contribution in [3.8, 4) is 11.5 Å². The standard InChI is InChI=1S/C42H46N4O9S2/c1-8-33(38(49)45-39-35(40(50)54-7)29-19-20-46(24-34(29)57-39)41(51)55-42(2,3)4)56-28-16-12-15-27(23-28)43-37(48)30(44-36(47)26-13-10-9-11-14-26)21-25-17-18-31(52-5)32(22-25)53-6/h9-18,21-23,33H,8,19-20,24H2,1-7H3,(H,43,48)(H,44,47)(H,45,49)/b30-21+. The van der Waals surface area contributed by atoms with Gasteiger partial charge in [0.05, 0.1) is 38.7 Å². The summed E-state index contributed by atoms with van der Waals surface area (Å²) in [6, 6.07) is 20.7. The van der Waals surface area contributed by atoms with Crippen LogP contribution in [0.3, 0.4) is 0 Å². The highest BCUT2D eigenvalue weighted by Crippen LogP contribution is 2.39. The Bertz CT molecular complexity index is 2160. The van der Waals surface area contributed by atoms with Crippen molar-refractivity contribution in [3.63, 3.8) is 0 Å². The summed E-state index contributed by atoms with van der Waals surface area (Å²) < 4.78 is 21.4. The molecular formula is C42H46N4O9S2. The molecule has 1 unspecified atom stereocenters. The molecule has 4 aromatic rings. The second-order valence-corrected chi connectivity index (χ2v) is 16.2. The highest BCUT2D eigenvalue weighted by molar-refractivity contribution is 8.00. The van der Waals surface area contributed by atoms with Crippen LogP contribution in [-0.2, 0) is 32.0 Å². The molecule has 0 saturated carbocycles. The number of fused-ring (bicyclic) bond motifs is 1. The average molecular weight is 815 g/mol. The molecule has 0 spiro atoms. The summed E-state index contributed by atoms with van der Waals surface area (Å²) in [7, 11) is 4.31. The third kappa shape index (κ3) is 11.0. The molecule has 1 aliphatic rings. The molecule has 13 nitrogen and oxygen atoms in total. The van der Waals surface area contributed by atoms with Crippen molar-refractivity contribution in [1.82, 2.24) is 10.2 Å². The van der Waals surface area contributed by atoms with Crippen molar-refractivity contribution in [2.24, 2.45) is 0 Å². The molecule has 0 radical (unpaired) electrons. The lowest BCUT2D eigenvalue weighted by atomic mass is 10.0. The fourth-order valence-electron chi connectivity index (χ4n) is 5.87. The van der Waals surface area contributed by atoms with E-state index in [1.807, 2.05) is 13.0 Å². The molecule has 0 aliphatic carbocycles. The molecule has 57 heavy (non-hydrogen) atoms. The number of carbonyl (C=O) groups excluding carboxylic acids is 5. The van der Waals surface area contributed by atoms with Gasteiger partial charge in [0.25, 0.3) is 11.8 Å². The van der Waals surface area contributed by atoms with Crippen LogP contribution in [-0.4, -0.2) is 73.4 Å². The van der Waals surface area contributed by atoms with Crippen molar-refractivity contribution in [2.45, 2.75) is 62.8 Å². The van der Waals surface area contributed by atoms with E-state index >= 15 is 0 Å².